The second-order valence-electron chi connectivity index (χ2n) is 4.79. The van der Waals surface area contributed by atoms with Crippen molar-refractivity contribution in [2.24, 2.45) is 7.05 Å². The van der Waals surface area contributed by atoms with Crippen molar-refractivity contribution in [3.05, 3.63) is 15.9 Å². The summed E-state index contributed by atoms with van der Waals surface area (Å²) >= 11 is 9.46. The lowest BCUT2D eigenvalue weighted by Gasteiger charge is -2.26. The van der Waals surface area contributed by atoms with Gasteiger partial charge >= 0.3 is 0 Å². The fourth-order valence-corrected chi connectivity index (χ4v) is 2.83. The summed E-state index contributed by atoms with van der Waals surface area (Å²) in [5.41, 5.74) is 2.38. The first kappa shape index (κ1) is 16.0. The van der Waals surface area contributed by atoms with E-state index in [0.29, 0.717) is 6.04 Å². The molecule has 0 aliphatic rings. The Hall–Kier alpha value is -0.0600. The summed E-state index contributed by atoms with van der Waals surface area (Å²) in [5.74, 6) is 0.718. The monoisotopic (exact) mass is 335 g/mol. The van der Waals surface area contributed by atoms with Gasteiger partial charge in [0.2, 0.25) is 0 Å². The zero-order chi connectivity index (χ0) is 13.7. The minimum atomic E-state index is 0.514. The molecule has 0 radical (unpaired) electrons. The molecule has 3 nitrogen and oxygen atoms in total. The molecule has 0 saturated carbocycles. The molecule has 0 atom stereocenters. The molecule has 0 fully saturated rings. The third-order valence-electron chi connectivity index (χ3n) is 3.17. The highest BCUT2D eigenvalue weighted by Crippen LogP contribution is 2.23. The van der Waals surface area contributed by atoms with E-state index in [1.165, 1.54) is 5.69 Å². The molecule has 0 aliphatic heterocycles. The molecule has 18 heavy (non-hydrogen) atoms. The zero-order valence-corrected chi connectivity index (χ0v) is 14.1. The summed E-state index contributed by atoms with van der Waals surface area (Å²) in [4.78, 5) is 2.43. The molecule has 0 aliphatic carbocycles. The molecular formula is C13H23BrClN3. The van der Waals surface area contributed by atoms with Crippen molar-refractivity contribution in [2.75, 3.05) is 12.4 Å². The molecule has 0 saturated heterocycles. The van der Waals surface area contributed by atoms with Crippen LogP contribution in [0.25, 0.3) is 0 Å². The molecule has 1 aromatic rings. The third-order valence-corrected chi connectivity index (χ3v) is 4.35. The maximum absolute atomic E-state index is 5.79. The smallest absolute Gasteiger partial charge is 0.0767 e. The number of aryl methyl sites for hydroxylation is 2. The number of alkyl halides is 1. The van der Waals surface area contributed by atoms with Gasteiger partial charge in [-0.3, -0.25) is 9.58 Å². The van der Waals surface area contributed by atoms with Crippen LogP contribution in [0.1, 0.15) is 38.6 Å². The third kappa shape index (κ3) is 3.97. The fraction of sp³-hybridized carbons (Fsp3) is 0.769. The summed E-state index contributed by atoms with van der Waals surface area (Å²) < 4.78 is 3.14. The second kappa shape index (κ2) is 7.51. The first-order valence-electron chi connectivity index (χ1n) is 6.51. The predicted molar refractivity (Wildman–Crippen MR) is 81.2 cm³/mol. The maximum Gasteiger partial charge on any atom is 0.0767 e. The van der Waals surface area contributed by atoms with E-state index >= 15 is 0 Å². The van der Waals surface area contributed by atoms with E-state index in [0.717, 1.165) is 42.0 Å². The van der Waals surface area contributed by atoms with Gasteiger partial charge in [0.05, 0.1) is 15.9 Å². The Bertz CT molecular complexity index is 377. The molecule has 0 N–H and O–H groups in total. The fourth-order valence-electron chi connectivity index (χ4n) is 1.97. The van der Waals surface area contributed by atoms with Crippen LogP contribution in [0.4, 0.5) is 0 Å². The molecular weight excluding hydrogens is 314 g/mol. The lowest BCUT2D eigenvalue weighted by atomic mass is 10.2. The van der Waals surface area contributed by atoms with Gasteiger partial charge in [-0.15, -0.1) is 11.6 Å². The van der Waals surface area contributed by atoms with Gasteiger partial charge in [0.1, 0.15) is 0 Å². The first-order valence-corrected chi connectivity index (χ1v) is 7.84. The standard InChI is InChI=1S/C13H23BrClN3/c1-5-11-13(14)12(17(4)16-11)9-18(10(2)3)8-6-7-15/h10H,5-9H2,1-4H3. The minimum absolute atomic E-state index is 0.514. The summed E-state index contributed by atoms with van der Waals surface area (Å²) in [7, 11) is 2.01. The van der Waals surface area contributed by atoms with Crippen molar-refractivity contribution in [1.82, 2.24) is 14.7 Å². The molecule has 0 bridgehead atoms. The van der Waals surface area contributed by atoms with Crippen LogP contribution in [0.15, 0.2) is 4.47 Å². The molecule has 0 unspecified atom stereocenters. The summed E-state index contributed by atoms with van der Waals surface area (Å²) in [6.07, 6.45) is 1.98. The summed E-state index contributed by atoms with van der Waals surface area (Å²) in [6.45, 7) is 8.52. The lowest BCUT2D eigenvalue weighted by molar-refractivity contribution is 0.208. The number of rotatable bonds is 7. The van der Waals surface area contributed by atoms with Crippen LogP contribution in [0.3, 0.4) is 0 Å². The van der Waals surface area contributed by atoms with Gasteiger partial charge in [0.15, 0.2) is 0 Å². The Balaban J connectivity index is 2.83. The molecule has 1 rings (SSSR count). The first-order chi connectivity index (χ1) is 8.51. The SMILES string of the molecule is CCc1nn(C)c(CN(CCCCl)C(C)C)c1Br. The van der Waals surface area contributed by atoms with Crippen molar-refractivity contribution in [1.29, 1.82) is 0 Å². The van der Waals surface area contributed by atoms with Gasteiger partial charge in [-0.1, -0.05) is 6.92 Å². The summed E-state index contributed by atoms with van der Waals surface area (Å²) in [6, 6.07) is 0.514. The van der Waals surface area contributed by atoms with E-state index in [4.69, 9.17) is 11.6 Å². The topological polar surface area (TPSA) is 21.1 Å². The molecule has 0 amide bonds. The highest BCUT2D eigenvalue weighted by molar-refractivity contribution is 9.10. The number of aromatic nitrogens is 2. The zero-order valence-electron chi connectivity index (χ0n) is 11.7. The van der Waals surface area contributed by atoms with E-state index in [2.05, 4.69) is 46.7 Å². The molecule has 104 valence electrons. The Morgan fingerprint density at radius 1 is 1.44 bits per heavy atom. The van der Waals surface area contributed by atoms with Crippen LogP contribution in [-0.2, 0) is 20.0 Å². The average Bonchev–Trinajstić information content (AvgIpc) is 2.60. The number of halogens is 2. The van der Waals surface area contributed by atoms with Gasteiger partial charge in [0, 0.05) is 25.5 Å². The van der Waals surface area contributed by atoms with Gasteiger partial charge in [0.25, 0.3) is 0 Å². The number of nitrogens with zero attached hydrogens (tertiary/aromatic N) is 3. The highest BCUT2D eigenvalue weighted by atomic mass is 79.9. The lowest BCUT2D eigenvalue weighted by Crippen LogP contribution is -2.32. The van der Waals surface area contributed by atoms with Crippen LogP contribution < -0.4 is 0 Å². The average molecular weight is 337 g/mol. The van der Waals surface area contributed by atoms with Gasteiger partial charge in [-0.25, -0.2) is 0 Å². The Morgan fingerprint density at radius 3 is 2.56 bits per heavy atom. The molecule has 0 spiro atoms. The second-order valence-corrected chi connectivity index (χ2v) is 5.96. The van der Waals surface area contributed by atoms with E-state index < -0.39 is 0 Å². The van der Waals surface area contributed by atoms with Crippen molar-refractivity contribution >= 4 is 27.5 Å². The Labute approximate surface area is 124 Å². The van der Waals surface area contributed by atoms with Crippen molar-refractivity contribution < 1.29 is 0 Å². The molecule has 1 heterocycles. The van der Waals surface area contributed by atoms with Crippen LogP contribution in [0.2, 0.25) is 0 Å². The molecule has 5 heteroatoms. The van der Waals surface area contributed by atoms with Crippen LogP contribution >= 0.6 is 27.5 Å². The van der Waals surface area contributed by atoms with E-state index in [1.54, 1.807) is 0 Å². The van der Waals surface area contributed by atoms with E-state index in [9.17, 15) is 0 Å². The van der Waals surface area contributed by atoms with Crippen LogP contribution in [0.5, 0.6) is 0 Å². The predicted octanol–water partition coefficient (Wildman–Crippen LogP) is 3.58. The highest BCUT2D eigenvalue weighted by Gasteiger charge is 2.17. The Kier molecular flexibility index (Phi) is 6.67. The largest absolute Gasteiger partial charge is 0.295 e. The van der Waals surface area contributed by atoms with Gasteiger partial charge in [-0.2, -0.15) is 5.10 Å². The number of hydrogen-bond acceptors (Lipinski definition) is 2. The van der Waals surface area contributed by atoms with Crippen LogP contribution in [-0.4, -0.2) is 33.1 Å². The van der Waals surface area contributed by atoms with Crippen molar-refractivity contribution in [3.63, 3.8) is 0 Å². The molecule has 0 aromatic carbocycles. The van der Waals surface area contributed by atoms with E-state index in [-0.39, 0.29) is 0 Å². The quantitative estimate of drug-likeness (QED) is 0.710. The summed E-state index contributed by atoms with van der Waals surface area (Å²) in [5, 5.41) is 4.54. The van der Waals surface area contributed by atoms with Crippen LogP contribution in [0, 0.1) is 0 Å². The van der Waals surface area contributed by atoms with Crippen molar-refractivity contribution in [2.45, 2.75) is 46.2 Å². The van der Waals surface area contributed by atoms with E-state index in [1.807, 2.05) is 11.7 Å². The van der Waals surface area contributed by atoms with Crippen molar-refractivity contribution in [3.8, 4) is 0 Å². The maximum atomic E-state index is 5.79. The minimum Gasteiger partial charge on any atom is -0.295 e. The molecule has 1 aromatic heterocycles. The normalized spacial score (nSPS) is 11.8. The Morgan fingerprint density at radius 2 is 2.11 bits per heavy atom. The number of hydrogen-bond donors (Lipinski definition) is 0. The van der Waals surface area contributed by atoms with Gasteiger partial charge < -0.3 is 0 Å². The van der Waals surface area contributed by atoms with Gasteiger partial charge in [-0.05, 0) is 49.2 Å².